The van der Waals surface area contributed by atoms with E-state index in [-0.39, 0.29) is 18.4 Å². The third-order valence-corrected chi connectivity index (χ3v) is 4.57. The van der Waals surface area contributed by atoms with Crippen LogP contribution in [0.15, 0.2) is 67.0 Å². The fourth-order valence-electron chi connectivity index (χ4n) is 2.73. The third kappa shape index (κ3) is 5.90. The van der Waals surface area contributed by atoms with E-state index < -0.39 is 0 Å². The van der Waals surface area contributed by atoms with Crippen LogP contribution in [0.2, 0.25) is 0 Å². The molecule has 0 fully saturated rings. The molecule has 6 nitrogen and oxygen atoms in total. The van der Waals surface area contributed by atoms with Crippen LogP contribution in [0.5, 0.6) is 0 Å². The number of rotatable bonds is 7. The van der Waals surface area contributed by atoms with E-state index in [1.807, 2.05) is 37.3 Å². The summed E-state index contributed by atoms with van der Waals surface area (Å²) in [5.41, 5.74) is 5.39. The lowest BCUT2D eigenvalue weighted by Crippen LogP contribution is -2.23. The standard InChI is InChI=1S/C23H24N4O2/c1-16-5-8-21(12-17(16)2)25-15-22(28)27-20-9-6-19(7-10-20)23(29)26-14-18-4-3-11-24-13-18/h3-13,25H,14-15H2,1-2H3,(H,26,29)(H,27,28). The van der Waals surface area contributed by atoms with Crippen LogP contribution in [0.4, 0.5) is 11.4 Å². The molecular formula is C23H24N4O2. The molecule has 2 amide bonds. The van der Waals surface area contributed by atoms with E-state index in [1.54, 1.807) is 36.7 Å². The molecule has 0 saturated heterocycles. The Morgan fingerprint density at radius 3 is 2.38 bits per heavy atom. The van der Waals surface area contributed by atoms with E-state index >= 15 is 0 Å². The molecule has 0 aliphatic rings. The van der Waals surface area contributed by atoms with Gasteiger partial charge in [0, 0.05) is 35.9 Å². The highest BCUT2D eigenvalue weighted by molar-refractivity contribution is 5.96. The Bertz CT molecular complexity index is 986. The van der Waals surface area contributed by atoms with E-state index in [1.165, 1.54) is 11.1 Å². The van der Waals surface area contributed by atoms with Crippen molar-refractivity contribution in [3.05, 3.63) is 89.2 Å². The molecule has 0 radical (unpaired) electrons. The number of pyridine rings is 1. The second-order valence-electron chi connectivity index (χ2n) is 6.82. The second kappa shape index (κ2) is 9.50. The Hall–Kier alpha value is -3.67. The van der Waals surface area contributed by atoms with Crippen molar-refractivity contribution in [1.82, 2.24) is 10.3 Å². The molecule has 2 aromatic carbocycles. The first-order chi connectivity index (χ1) is 14.0. The summed E-state index contributed by atoms with van der Waals surface area (Å²) in [4.78, 5) is 28.4. The van der Waals surface area contributed by atoms with Gasteiger partial charge in [-0.15, -0.1) is 0 Å². The topological polar surface area (TPSA) is 83.1 Å². The van der Waals surface area contributed by atoms with Crippen molar-refractivity contribution in [2.75, 3.05) is 17.2 Å². The highest BCUT2D eigenvalue weighted by atomic mass is 16.2. The first kappa shape index (κ1) is 20.1. The molecule has 0 unspecified atom stereocenters. The molecule has 0 bridgehead atoms. The maximum Gasteiger partial charge on any atom is 0.251 e. The predicted octanol–water partition coefficient (Wildman–Crippen LogP) is 3.68. The summed E-state index contributed by atoms with van der Waals surface area (Å²) in [5.74, 6) is -0.333. The lowest BCUT2D eigenvalue weighted by atomic mass is 10.1. The van der Waals surface area contributed by atoms with Crippen LogP contribution in [0.25, 0.3) is 0 Å². The highest BCUT2D eigenvalue weighted by Crippen LogP contribution is 2.14. The molecule has 3 N–H and O–H groups in total. The summed E-state index contributed by atoms with van der Waals surface area (Å²) in [5, 5.41) is 8.78. The molecule has 0 saturated carbocycles. The second-order valence-corrected chi connectivity index (χ2v) is 6.82. The molecule has 0 atom stereocenters. The monoisotopic (exact) mass is 388 g/mol. The van der Waals surface area contributed by atoms with Gasteiger partial charge in [-0.3, -0.25) is 14.6 Å². The number of aryl methyl sites for hydroxylation is 2. The van der Waals surface area contributed by atoms with Gasteiger partial charge in [0.05, 0.1) is 6.54 Å². The van der Waals surface area contributed by atoms with Gasteiger partial charge in [0.2, 0.25) is 5.91 Å². The average Bonchev–Trinajstić information content (AvgIpc) is 2.74. The largest absolute Gasteiger partial charge is 0.376 e. The summed E-state index contributed by atoms with van der Waals surface area (Å²) < 4.78 is 0. The van der Waals surface area contributed by atoms with Gasteiger partial charge in [0.25, 0.3) is 5.91 Å². The summed E-state index contributed by atoms with van der Waals surface area (Å²) >= 11 is 0. The van der Waals surface area contributed by atoms with Crippen molar-refractivity contribution in [3.63, 3.8) is 0 Å². The normalized spacial score (nSPS) is 10.3. The number of benzene rings is 2. The van der Waals surface area contributed by atoms with E-state index in [9.17, 15) is 9.59 Å². The van der Waals surface area contributed by atoms with Crippen LogP contribution in [0.1, 0.15) is 27.0 Å². The van der Waals surface area contributed by atoms with Gasteiger partial charge in [-0.25, -0.2) is 0 Å². The van der Waals surface area contributed by atoms with Crippen LogP contribution in [-0.2, 0) is 11.3 Å². The number of anilines is 2. The molecule has 1 aromatic heterocycles. The van der Waals surface area contributed by atoms with Crippen LogP contribution >= 0.6 is 0 Å². The van der Waals surface area contributed by atoms with Gasteiger partial charge in [-0.1, -0.05) is 12.1 Å². The Balaban J connectivity index is 1.48. The molecule has 0 aliphatic carbocycles. The molecule has 0 aliphatic heterocycles. The Labute approximate surface area is 170 Å². The van der Waals surface area contributed by atoms with E-state index in [0.29, 0.717) is 17.8 Å². The maximum atomic E-state index is 12.2. The smallest absolute Gasteiger partial charge is 0.251 e. The van der Waals surface area contributed by atoms with Gasteiger partial charge in [-0.05, 0) is 73.0 Å². The molecule has 6 heteroatoms. The van der Waals surface area contributed by atoms with E-state index in [0.717, 1.165) is 11.3 Å². The quantitative estimate of drug-likeness (QED) is 0.577. The number of nitrogens with zero attached hydrogens (tertiary/aromatic N) is 1. The number of nitrogens with one attached hydrogen (secondary N) is 3. The molecule has 3 aromatic rings. The van der Waals surface area contributed by atoms with Gasteiger partial charge in [0.1, 0.15) is 0 Å². The van der Waals surface area contributed by atoms with Crippen LogP contribution in [-0.4, -0.2) is 23.3 Å². The molecule has 0 spiro atoms. The summed E-state index contributed by atoms with van der Waals surface area (Å²) in [6.45, 7) is 4.66. The predicted molar refractivity (Wildman–Crippen MR) is 115 cm³/mol. The zero-order valence-electron chi connectivity index (χ0n) is 16.5. The third-order valence-electron chi connectivity index (χ3n) is 4.57. The molecule has 3 rings (SSSR count). The lowest BCUT2D eigenvalue weighted by Gasteiger charge is -2.10. The zero-order valence-corrected chi connectivity index (χ0v) is 16.5. The fourth-order valence-corrected chi connectivity index (χ4v) is 2.73. The minimum Gasteiger partial charge on any atom is -0.376 e. The average molecular weight is 388 g/mol. The van der Waals surface area contributed by atoms with Gasteiger partial charge in [-0.2, -0.15) is 0 Å². The minimum atomic E-state index is -0.178. The van der Waals surface area contributed by atoms with Gasteiger partial charge < -0.3 is 16.0 Å². The van der Waals surface area contributed by atoms with Gasteiger partial charge in [0.15, 0.2) is 0 Å². The van der Waals surface area contributed by atoms with E-state index in [2.05, 4.69) is 27.9 Å². The molecule has 148 valence electrons. The number of carbonyl (C=O) groups is 2. The van der Waals surface area contributed by atoms with Gasteiger partial charge >= 0.3 is 0 Å². The van der Waals surface area contributed by atoms with Crippen LogP contribution < -0.4 is 16.0 Å². The Morgan fingerprint density at radius 1 is 0.931 bits per heavy atom. The number of aromatic nitrogens is 1. The summed E-state index contributed by atoms with van der Waals surface area (Å²) in [7, 11) is 0. The zero-order chi connectivity index (χ0) is 20.6. The van der Waals surface area contributed by atoms with Crippen molar-refractivity contribution >= 4 is 23.2 Å². The van der Waals surface area contributed by atoms with E-state index in [4.69, 9.17) is 0 Å². The first-order valence-electron chi connectivity index (χ1n) is 9.39. The molecule has 29 heavy (non-hydrogen) atoms. The van der Waals surface area contributed by atoms with Crippen LogP contribution in [0.3, 0.4) is 0 Å². The molecule has 1 heterocycles. The SMILES string of the molecule is Cc1ccc(NCC(=O)Nc2ccc(C(=O)NCc3cccnc3)cc2)cc1C. The molecular weight excluding hydrogens is 364 g/mol. The Kier molecular flexibility index (Phi) is 6.58. The van der Waals surface area contributed by atoms with Crippen molar-refractivity contribution in [1.29, 1.82) is 0 Å². The van der Waals surface area contributed by atoms with Crippen molar-refractivity contribution in [2.45, 2.75) is 20.4 Å². The van der Waals surface area contributed by atoms with Crippen LogP contribution in [0, 0.1) is 13.8 Å². The number of amides is 2. The number of carbonyl (C=O) groups excluding carboxylic acids is 2. The van der Waals surface area contributed by atoms with Crippen molar-refractivity contribution in [3.8, 4) is 0 Å². The lowest BCUT2D eigenvalue weighted by molar-refractivity contribution is -0.114. The minimum absolute atomic E-state index is 0.156. The van der Waals surface area contributed by atoms with Crippen molar-refractivity contribution in [2.24, 2.45) is 0 Å². The highest BCUT2D eigenvalue weighted by Gasteiger charge is 2.07. The Morgan fingerprint density at radius 2 is 1.69 bits per heavy atom. The summed E-state index contributed by atoms with van der Waals surface area (Å²) in [6.07, 6.45) is 3.40. The maximum absolute atomic E-state index is 12.2. The fraction of sp³-hybridized carbons (Fsp3) is 0.174. The number of hydrogen-bond acceptors (Lipinski definition) is 4. The summed E-state index contributed by atoms with van der Waals surface area (Å²) in [6, 6.07) is 16.5. The van der Waals surface area contributed by atoms with Crippen molar-refractivity contribution < 1.29 is 9.59 Å². The number of hydrogen-bond donors (Lipinski definition) is 3. The first-order valence-corrected chi connectivity index (χ1v) is 9.39.